The molecular weight excluding hydrogens is 440 g/mol. The molecule has 2 fully saturated rings. The van der Waals surface area contributed by atoms with Crippen molar-refractivity contribution in [3.8, 4) is 0 Å². The van der Waals surface area contributed by atoms with Gasteiger partial charge in [-0.15, -0.1) is 0 Å². The van der Waals surface area contributed by atoms with Crippen molar-refractivity contribution in [1.82, 2.24) is 9.55 Å². The number of halogens is 2. The van der Waals surface area contributed by atoms with Gasteiger partial charge in [-0.2, -0.15) is 0 Å². The lowest BCUT2D eigenvalue weighted by molar-refractivity contribution is -0.0922. The number of anilines is 1. The minimum absolute atomic E-state index is 0.0939. The number of nitrogens with zero attached hydrogens (tertiary/aromatic N) is 3. The van der Waals surface area contributed by atoms with Crippen molar-refractivity contribution in [1.29, 1.82) is 0 Å². The minimum Gasteiger partial charge on any atom is -0.381 e. The first kappa shape index (κ1) is 24.1. The van der Waals surface area contributed by atoms with E-state index in [9.17, 15) is 15.0 Å². The fourth-order valence-corrected chi connectivity index (χ4v) is 4.39. The van der Waals surface area contributed by atoms with E-state index < -0.39 is 11.2 Å². The summed E-state index contributed by atoms with van der Waals surface area (Å²) in [6.45, 7) is 7.83. The maximum Gasteiger partial charge on any atom is 0.263 e. The number of aryl methyl sites for hydroxylation is 1. The number of allylic oxidation sites excluding steroid dienone is 5. The number of hydrogen-bond donors (Lipinski definition) is 2. The van der Waals surface area contributed by atoms with Gasteiger partial charge in [-0.3, -0.25) is 9.36 Å². The zero-order valence-corrected chi connectivity index (χ0v) is 19.0. The zero-order valence-electron chi connectivity index (χ0n) is 17.5. The molecule has 0 amide bonds. The molecule has 2 aliphatic rings. The van der Waals surface area contributed by atoms with E-state index in [4.69, 9.17) is 35.8 Å². The topological polar surface area (TPSA) is 87.8 Å². The lowest BCUT2D eigenvalue weighted by Gasteiger charge is -2.40. The molecule has 0 aliphatic carbocycles. The number of hydrogen-bond acceptors (Lipinski definition) is 6. The van der Waals surface area contributed by atoms with E-state index in [-0.39, 0.29) is 33.4 Å². The molecule has 0 unspecified atom stereocenters. The summed E-state index contributed by atoms with van der Waals surface area (Å²) in [4.78, 5) is 19.6. The Morgan fingerprint density at radius 3 is 2.58 bits per heavy atom. The van der Waals surface area contributed by atoms with Gasteiger partial charge in [-0.1, -0.05) is 41.9 Å². The van der Waals surface area contributed by atoms with E-state index in [1.54, 1.807) is 25.2 Å². The number of piperidine rings is 1. The molecule has 2 radical (unpaired) electrons. The molecule has 0 aromatic carbocycles. The Morgan fingerprint density at radius 1 is 1.35 bits per heavy atom. The second kappa shape index (κ2) is 9.51. The van der Waals surface area contributed by atoms with Crippen LogP contribution in [-0.2, 0) is 17.0 Å². The molecule has 0 saturated carbocycles. The van der Waals surface area contributed by atoms with E-state index in [0.717, 1.165) is 32.5 Å². The SMILES string of the molecule is [B]C(O)(O)c1c(N2CCC3(CCOC3)CC2)nc(C)n(C/C(Cl)=C(Cl)\C=C/C=C)c1=O. The fourth-order valence-electron chi connectivity index (χ4n) is 4.08. The predicted octanol–water partition coefficient (Wildman–Crippen LogP) is 2.25. The standard InChI is InChI=1S/C21H26BCl2N3O4/c1-3-4-5-15(23)16(24)12-27-14(2)25-18(17(19(27)28)21(22,29)30)26-9-6-20(7-10-26)8-11-31-13-20/h3-5,29-30H,1,6-13H2,2H3/b5-4-,16-15-. The van der Waals surface area contributed by atoms with E-state index in [2.05, 4.69) is 11.6 Å². The Bertz CT molecular complexity index is 953. The fraction of sp³-hybridized carbons (Fsp3) is 0.524. The van der Waals surface area contributed by atoms with Crippen LogP contribution in [0.5, 0.6) is 0 Å². The Hall–Kier alpha value is -1.58. The third kappa shape index (κ3) is 5.26. The van der Waals surface area contributed by atoms with E-state index >= 15 is 0 Å². The van der Waals surface area contributed by atoms with Gasteiger partial charge in [-0.25, -0.2) is 4.98 Å². The molecular formula is C21H26BCl2N3O4. The van der Waals surface area contributed by atoms with Crippen LogP contribution in [-0.4, -0.2) is 53.9 Å². The van der Waals surface area contributed by atoms with Crippen molar-refractivity contribution in [2.24, 2.45) is 5.41 Å². The van der Waals surface area contributed by atoms with Gasteiger partial charge in [0.05, 0.1) is 23.2 Å². The van der Waals surface area contributed by atoms with Gasteiger partial charge in [-0.05, 0) is 37.7 Å². The Morgan fingerprint density at radius 2 is 2.03 bits per heavy atom. The van der Waals surface area contributed by atoms with Crippen LogP contribution >= 0.6 is 23.2 Å². The van der Waals surface area contributed by atoms with Gasteiger partial charge in [0.1, 0.15) is 22.9 Å². The second-order valence-electron chi connectivity index (χ2n) is 8.11. The summed E-state index contributed by atoms with van der Waals surface area (Å²) in [6, 6.07) is 0. The summed E-state index contributed by atoms with van der Waals surface area (Å²) in [6.07, 6.45) is 7.43. The molecule has 1 aromatic heterocycles. The summed E-state index contributed by atoms with van der Waals surface area (Å²) in [5, 5.41) is 20.8. The average Bonchev–Trinajstić information content (AvgIpc) is 3.16. The lowest BCUT2D eigenvalue weighted by Crippen LogP contribution is -2.45. The van der Waals surface area contributed by atoms with Crippen LogP contribution in [0.25, 0.3) is 0 Å². The van der Waals surface area contributed by atoms with E-state index in [1.807, 2.05) is 4.90 Å². The second-order valence-corrected chi connectivity index (χ2v) is 8.98. The zero-order chi connectivity index (χ0) is 22.8. The highest BCUT2D eigenvalue weighted by Gasteiger charge is 2.40. The van der Waals surface area contributed by atoms with Crippen molar-refractivity contribution in [3.63, 3.8) is 0 Å². The molecule has 2 saturated heterocycles. The Labute approximate surface area is 193 Å². The molecule has 31 heavy (non-hydrogen) atoms. The molecule has 0 bridgehead atoms. The first-order chi connectivity index (χ1) is 14.6. The van der Waals surface area contributed by atoms with Crippen molar-refractivity contribution in [2.75, 3.05) is 31.2 Å². The van der Waals surface area contributed by atoms with Gasteiger partial charge in [0.15, 0.2) is 7.85 Å². The van der Waals surface area contributed by atoms with Crippen LogP contribution in [0.1, 0.15) is 30.7 Å². The highest BCUT2D eigenvalue weighted by Crippen LogP contribution is 2.40. The predicted molar refractivity (Wildman–Crippen MR) is 122 cm³/mol. The molecule has 7 nitrogen and oxygen atoms in total. The molecule has 166 valence electrons. The molecule has 2 N–H and O–H groups in total. The molecule has 1 spiro atoms. The molecule has 10 heteroatoms. The Kier molecular flexibility index (Phi) is 7.38. The molecule has 1 aromatic rings. The smallest absolute Gasteiger partial charge is 0.263 e. The maximum absolute atomic E-state index is 13.2. The quantitative estimate of drug-likeness (QED) is 0.380. The van der Waals surface area contributed by atoms with Crippen molar-refractivity contribution >= 4 is 36.9 Å². The first-order valence-electron chi connectivity index (χ1n) is 10.1. The van der Waals surface area contributed by atoms with Gasteiger partial charge < -0.3 is 19.8 Å². The number of ether oxygens (including phenoxy) is 1. The highest BCUT2D eigenvalue weighted by molar-refractivity contribution is 6.40. The summed E-state index contributed by atoms with van der Waals surface area (Å²) < 4.78 is 6.78. The number of aromatic nitrogens is 2. The van der Waals surface area contributed by atoms with Crippen molar-refractivity contribution in [3.05, 3.63) is 56.6 Å². The molecule has 3 heterocycles. The van der Waals surface area contributed by atoms with Crippen LogP contribution in [0, 0.1) is 12.3 Å². The largest absolute Gasteiger partial charge is 0.381 e. The Balaban J connectivity index is 1.98. The average molecular weight is 466 g/mol. The third-order valence-electron chi connectivity index (χ3n) is 5.95. The monoisotopic (exact) mass is 465 g/mol. The van der Waals surface area contributed by atoms with Gasteiger partial charge >= 0.3 is 0 Å². The highest BCUT2D eigenvalue weighted by atomic mass is 35.5. The van der Waals surface area contributed by atoms with E-state index in [1.165, 1.54) is 4.57 Å². The van der Waals surface area contributed by atoms with E-state index in [0.29, 0.717) is 18.9 Å². The number of rotatable bonds is 6. The number of aliphatic hydroxyl groups is 2. The summed E-state index contributed by atoms with van der Waals surface area (Å²) in [5.41, 5.74) is -3.79. The summed E-state index contributed by atoms with van der Waals surface area (Å²) in [7, 11) is 5.57. The lowest BCUT2D eigenvalue weighted by atomic mass is 9.77. The normalized spacial score (nSPS) is 19.8. The van der Waals surface area contributed by atoms with Crippen LogP contribution in [0.3, 0.4) is 0 Å². The van der Waals surface area contributed by atoms with Crippen LogP contribution < -0.4 is 10.5 Å². The maximum atomic E-state index is 13.2. The molecule has 0 atom stereocenters. The van der Waals surface area contributed by atoms with Crippen molar-refractivity contribution < 1.29 is 14.9 Å². The van der Waals surface area contributed by atoms with Gasteiger partial charge in [0, 0.05) is 19.7 Å². The van der Waals surface area contributed by atoms with Crippen molar-refractivity contribution in [2.45, 2.75) is 38.4 Å². The molecule has 3 rings (SSSR count). The van der Waals surface area contributed by atoms with Gasteiger partial charge in [0.2, 0.25) is 0 Å². The summed E-state index contributed by atoms with van der Waals surface area (Å²) in [5.74, 6) is 0.533. The third-order valence-corrected chi connectivity index (χ3v) is 6.73. The first-order valence-corrected chi connectivity index (χ1v) is 10.8. The molecule has 2 aliphatic heterocycles. The van der Waals surface area contributed by atoms with Gasteiger partial charge in [0.25, 0.3) is 5.56 Å². The summed E-state index contributed by atoms with van der Waals surface area (Å²) >= 11 is 12.4. The van der Waals surface area contributed by atoms with Crippen LogP contribution in [0.4, 0.5) is 5.82 Å². The minimum atomic E-state index is -2.86. The van der Waals surface area contributed by atoms with Crippen LogP contribution in [0.2, 0.25) is 0 Å². The van der Waals surface area contributed by atoms with Crippen LogP contribution in [0.15, 0.2) is 39.7 Å².